The summed E-state index contributed by atoms with van der Waals surface area (Å²) in [5.41, 5.74) is 9.45. The third kappa shape index (κ3) is 7.09. The number of rotatable bonds is 10. The molecule has 2 fully saturated rings. The van der Waals surface area contributed by atoms with Gasteiger partial charge in [-0.05, 0) is 90.6 Å². The van der Waals surface area contributed by atoms with Crippen LogP contribution in [0.5, 0.6) is 0 Å². The summed E-state index contributed by atoms with van der Waals surface area (Å²) in [4.78, 5) is 33.5. The van der Waals surface area contributed by atoms with Crippen LogP contribution in [0, 0.1) is 0 Å². The van der Waals surface area contributed by atoms with Gasteiger partial charge in [-0.15, -0.1) is 0 Å². The van der Waals surface area contributed by atoms with Gasteiger partial charge in [0.2, 0.25) is 0 Å². The van der Waals surface area contributed by atoms with Crippen molar-refractivity contribution in [3.8, 4) is 0 Å². The van der Waals surface area contributed by atoms with E-state index in [1.165, 1.54) is 14.2 Å². The highest BCUT2D eigenvalue weighted by molar-refractivity contribution is 6.62. The Hall–Kier alpha value is -2.91. The fraction of sp³-hybridized carbons (Fsp3) is 0.571. The molecule has 2 aliphatic rings. The molecule has 2 saturated heterocycles. The number of carbonyl (C=O) groups is 2. The number of hydrogen-bond donors (Lipinski definition) is 3. The van der Waals surface area contributed by atoms with E-state index in [0.29, 0.717) is 22.3 Å². The van der Waals surface area contributed by atoms with Crippen molar-refractivity contribution in [2.75, 3.05) is 14.2 Å². The van der Waals surface area contributed by atoms with Gasteiger partial charge in [-0.1, -0.05) is 0 Å². The minimum Gasteiger partial charge on any atom is -0.464 e. The van der Waals surface area contributed by atoms with E-state index in [2.05, 4.69) is 26.4 Å². The standard InChI is InChI=1S/C28H41B2N5O8/c1-25(2)26(3,4)41-29(40-25)17-11-19(33-21(13-17)23(36)38-9)15-31-35-32-16-20-12-18(14-22(34-20)24(37)39-10)30-42-27(5,6)28(7,8)43-30/h11-14,31-32,35H,15-16H2,1-10H3. The van der Waals surface area contributed by atoms with Crippen LogP contribution >= 0.6 is 0 Å². The maximum Gasteiger partial charge on any atom is 0.494 e. The Bertz CT molecular complexity index is 1240. The van der Waals surface area contributed by atoms with Crippen molar-refractivity contribution in [3.63, 3.8) is 0 Å². The first-order chi connectivity index (χ1) is 20.0. The molecule has 0 atom stereocenters. The molecule has 2 aromatic rings. The Morgan fingerprint density at radius 2 is 0.977 bits per heavy atom. The second kappa shape index (κ2) is 12.2. The largest absolute Gasteiger partial charge is 0.494 e. The molecule has 232 valence electrons. The van der Waals surface area contributed by atoms with Crippen LogP contribution in [0.15, 0.2) is 24.3 Å². The quantitative estimate of drug-likeness (QED) is 0.155. The lowest BCUT2D eigenvalue weighted by atomic mass is 9.79. The topological polar surface area (TPSA) is 151 Å². The summed E-state index contributed by atoms with van der Waals surface area (Å²) in [6.45, 7) is 16.1. The van der Waals surface area contributed by atoms with Crippen molar-refractivity contribution in [2.24, 2.45) is 0 Å². The predicted molar refractivity (Wildman–Crippen MR) is 159 cm³/mol. The highest BCUT2D eigenvalue weighted by Gasteiger charge is 2.53. The van der Waals surface area contributed by atoms with E-state index in [-0.39, 0.29) is 24.5 Å². The van der Waals surface area contributed by atoms with Crippen LogP contribution in [0.1, 0.15) is 87.8 Å². The highest BCUT2D eigenvalue weighted by Crippen LogP contribution is 2.37. The van der Waals surface area contributed by atoms with Crippen molar-refractivity contribution in [1.29, 1.82) is 0 Å². The molecule has 4 rings (SSSR count). The van der Waals surface area contributed by atoms with Crippen LogP contribution in [0.2, 0.25) is 0 Å². The highest BCUT2D eigenvalue weighted by atomic mass is 16.7. The molecule has 3 N–H and O–H groups in total. The second-order valence-corrected chi connectivity index (χ2v) is 12.5. The number of pyridine rings is 2. The number of carbonyl (C=O) groups excluding carboxylic acids is 2. The summed E-state index contributed by atoms with van der Waals surface area (Å²) in [6, 6.07) is 6.84. The lowest BCUT2D eigenvalue weighted by molar-refractivity contribution is 0.00578. The van der Waals surface area contributed by atoms with Crippen LogP contribution in [0.25, 0.3) is 0 Å². The normalized spacial score (nSPS) is 19.9. The van der Waals surface area contributed by atoms with E-state index in [1.54, 1.807) is 12.1 Å². The molecular weight excluding hydrogens is 556 g/mol. The molecule has 0 amide bonds. The molecular formula is C28H41B2N5O8. The summed E-state index contributed by atoms with van der Waals surface area (Å²) in [5, 5.41) is 0. The first-order valence-electron chi connectivity index (χ1n) is 14.1. The maximum atomic E-state index is 12.3. The molecule has 0 spiro atoms. The lowest BCUT2D eigenvalue weighted by Crippen LogP contribution is -2.43. The third-order valence-corrected chi connectivity index (χ3v) is 8.36. The summed E-state index contributed by atoms with van der Waals surface area (Å²) < 4.78 is 34.4. The summed E-state index contributed by atoms with van der Waals surface area (Å²) >= 11 is 0. The van der Waals surface area contributed by atoms with Crippen molar-refractivity contribution >= 4 is 37.1 Å². The molecule has 0 bridgehead atoms. The summed E-state index contributed by atoms with van der Waals surface area (Å²) in [7, 11) is 1.26. The number of hydrazine groups is 2. The fourth-order valence-corrected chi connectivity index (χ4v) is 4.38. The monoisotopic (exact) mass is 597 g/mol. The van der Waals surface area contributed by atoms with Gasteiger partial charge in [0.15, 0.2) is 0 Å². The van der Waals surface area contributed by atoms with Gasteiger partial charge in [-0.25, -0.2) is 30.4 Å². The molecule has 13 nitrogen and oxygen atoms in total. The van der Waals surface area contributed by atoms with Gasteiger partial charge < -0.3 is 28.1 Å². The SMILES string of the molecule is COC(=O)c1cc(B2OC(C)(C)C(C)(C)O2)cc(CNNNCc2cc(B3OC(C)(C)C(C)(C)O3)cc(C(=O)OC)n2)n1. The Kier molecular flexibility index (Phi) is 9.39. The Balaban J connectivity index is 1.43. The van der Waals surface area contributed by atoms with E-state index < -0.39 is 48.6 Å². The Labute approximate surface area is 253 Å². The van der Waals surface area contributed by atoms with Crippen molar-refractivity contribution in [2.45, 2.75) is 90.9 Å². The van der Waals surface area contributed by atoms with Gasteiger partial charge in [0.05, 0.1) is 61.1 Å². The predicted octanol–water partition coefficient (Wildman–Crippen LogP) is 0.947. The van der Waals surface area contributed by atoms with Gasteiger partial charge in [-0.3, -0.25) is 0 Å². The number of hydrogen-bond acceptors (Lipinski definition) is 13. The van der Waals surface area contributed by atoms with Crippen molar-refractivity contribution < 1.29 is 37.7 Å². The van der Waals surface area contributed by atoms with Gasteiger partial charge in [0.25, 0.3) is 0 Å². The Morgan fingerprint density at radius 3 is 1.28 bits per heavy atom. The molecule has 4 heterocycles. The maximum absolute atomic E-state index is 12.3. The van der Waals surface area contributed by atoms with Crippen LogP contribution in [-0.2, 0) is 41.2 Å². The van der Waals surface area contributed by atoms with Gasteiger partial charge >= 0.3 is 26.2 Å². The molecule has 0 unspecified atom stereocenters. The van der Waals surface area contributed by atoms with E-state index in [9.17, 15) is 9.59 Å². The molecule has 43 heavy (non-hydrogen) atoms. The zero-order chi connectivity index (χ0) is 31.8. The van der Waals surface area contributed by atoms with E-state index in [4.69, 9.17) is 28.1 Å². The van der Waals surface area contributed by atoms with E-state index >= 15 is 0 Å². The number of nitrogens with zero attached hydrogens (tertiary/aromatic N) is 2. The average molecular weight is 597 g/mol. The average Bonchev–Trinajstić information content (AvgIpc) is 3.30. The summed E-state index contributed by atoms with van der Waals surface area (Å²) in [6.07, 6.45) is 0. The van der Waals surface area contributed by atoms with Gasteiger partial charge in [0.1, 0.15) is 11.4 Å². The molecule has 0 saturated carbocycles. The molecule has 2 aromatic heterocycles. The zero-order valence-corrected chi connectivity index (χ0v) is 26.5. The molecule has 15 heteroatoms. The second-order valence-electron chi connectivity index (χ2n) is 12.5. The van der Waals surface area contributed by atoms with Crippen LogP contribution in [0.4, 0.5) is 0 Å². The smallest absolute Gasteiger partial charge is 0.464 e. The zero-order valence-electron chi connectivity index (χ0n) is 26.5. The molecule has 2 aliphatic heterocycles. The van der Waals surface area contributed by atoms with Crippen LogP contribution < -0.4 is 27.3 Å². The summed E-state index contributed by atoms with van der Waals surface area (Å²) in [5.74, 6) is -1.14. The van der Waals surface area contributed by atoms with E-state index in [1.807, 2.05) is 67.5 Å². The van der Waals surface area contributed by atoms with Crippen LogP contribution in [-0.4, -0.2) is 72.8 Å². The first kappa shape index (κ1) is 33.0. The molecule has 0 aromatic carbocycles. The molecule has 0 radical (unpaired) electrons. The van der Waals surface area contributed by atoms with Crippen LogP contribution in [0.3, 0.4) is 0 Å². The number of aromatic nitrogens is 2. The minimum atomic E-state index is -0.674. The first-order valence-corrected chi connectivity index (χ1v) is 14.1. The Morgan fingerprint density at radius 1 is 0.651 bits per heavy atom. The minimum absolute atomic E-state index is 0.138. The molecule has 0 aliphatic carbocycles. The van der Waals surface area contributed by atoms with Gasteiger partial charge in [0, 0.05) is 0 Å². The number of methoxy groups -OCH3 is 2. The van der Waals surface area contributed by atoms with Gasteiger partial charge in [-0.2, -0.15) is 5.53 Å². The number of nitrogens with one attached hydrogen (secondary N) is 3. The van der Waals surface area contributed by atoms with E-state index in [0.717, 1.165) is 0 Å². The van der Waals surface area contributed by atoms with Crippen molar-refractivity contribution in [1.82, 2.24) is 26.4 Å². The number of ether oxygens (including phenoxy) is 2. The fourth-order valence-electron chi connectivity index (χ4n) is 4.38. The van der Waals surface area contributed by atoms with Crippen molar-refractivity contribution in [3.05, 3.63) is 47.0 Å². The third-order valence-electron chi connectivity index (χ3n) is 8.36. The lowest BCUT2D eigenvalue weighted by Gasteiger charge is -2.32. The number of esters is 2.